The number of amides is 4. The zero-order valence-corrected chi connectivity index (χ0v) is 12.8. The van der Waals surface area contributed by atoms with Crippen LogP contribution < -0.4 is 10.6 Å². The van der Waals surface area contributed by atoms with Gasteiger partial charge in [-0.1, -0.05) is 6.42 Å². The monoisotopic (exact) mass is 305 g/mol. The Hall–Kier alpha value is -1.59. The Morgan fingerprint density at radius 3 is 2.50 bits per heavy atom. The summed E-state index contributed by atoms with van der Waals surface area (Å²) in [4.78, 5) is 37.6. The van der Waals surface area contributed by atoms with E-state index in [1.165, 1.54) is 25.7 Å². The van der Waals surface area contributed by atoms with Crippen LogP contribution in [0.15, 0.2) is 0 Å². The normalized spacial score (nSPS) is 35.8. The standard InChI is InChI=1S/C16H23N3O3/c20-13(9-12-8-10-1-2-11(12)7-10)19-5-3-16(4-6-19)14(21)17-15(22)18-16/h10-12H,1-9H2,(H2,17,18,21,22)/t10-,11-,12-/m0/s1. The topological polar surface area (TPSA) is 78.5 Å². The average molecular weight is 305 g/mol. The molecule has 4 aliphatic rings. The summed E-state index contributed by atoms with van der Waals surface area (Å²) < 4.78 is 0. The van der Waals surface area contributed by atoms with Crippen LogP contribution in [0, 0.1) is 17.8 Å². The van der Waals surface area contributed by atoms with Gasteiger partial charge < -0.3 is 10.2 Å². The van der Waals surface area contributed by atoms with E-state index in [0.29, 0.717) is 38.3 Å². The van der Waals surface area contributed by atoms with E-state index in [0.717, 1.165) is 11.8 Å². The number of carbonyl (C=O) groups is 3. The number of fused-ring (bicyclic) bond motifs is 2. The lowest BCUT2D eigenvalue weighted by Gasteiger charge is -2.37. The maximum atomic E-state index is 12.5. The summed E-state index contributed by atoms with van der Waals surface area (Å²) in [6.45, 7) is 1.13. The van der Waals surface area contributed by atoms with Crippen molar-refractivity contribution >= 4 is 17.8 Å². The lowest BCUT2D eigenvalue weighted by Crippen LogP contribution is -2.55. The summed E-state index contributed by atoms with van der Waals surface area (Å²) in [5, 5.41) is 5.04. The van der Waals surface area contributed by atoms with Crippen LogP contribution in [0.1, 0.15) is 44.9 Å². The van der Waals surface area contributed by atoms with Gasteiger partial charge >= 0.3 is 6.03 Å². The third kappa shape index (κ3) is 2.20. The van der Waals surface area contributed by atoms with Crippen molar-refractivity contribution in [2.75, 3.05) is 13.1 Å². The number of nitrogens with one attached hydrogen (secondary N) is 2. The zero-order chi connectivity index (χ0) is 15.3. The van der Waals surface area contributed by atoms with Gasteiger partial charge in [0.2, 0.25) is 5.91 Å². The van der Waals surface area contributed by atoms with Crippen molar-refractivity contribution in [2.24, 2.45) is 17.8 Å². The molecule has 3 atom stereocenters. The molecule has 2 N–H and O–H groups in total. The molecule has 2 aliphatic carbocycles. The number of piperidine rings is 1. The lowest BCUT2D eigenvalue weighted by atomic mass is 9.84. The number of carbonyl (C=O) groups excluding carboxylic acids is 3. The Labute approximate surface area is 130 Å². The summed E-state index contributed by atoms with van der Waals surface area (Å²) in [5.74, 6) is 2.21. The van der Waals surface area contributed by atoms with E-state index in [9.17, 15) is 14.4 Å². The van der Waals surface area contributed by atoms with Gasteiger partial charge in [-0.15, -0.1) is 0 Å². The third-order valence-electron chi connectivity index (χ3n) is 6.31. The van der Waals surface area contributed by atoms with E-state index in [2.05, 4.69) is 10.6 Å². The molecule has 4 rings (SSSR count). The van der Waals surface area contributed by atoms with E-state index < -0.39 is 11.6 Å². The van der Waals surface area contributed by atoms with E-state index in [1.54, 1.807) is 0 Å². The summed E-state index contributed by atoms with van der Waals surface area (Å²) in [5.41, 5.74) is -0.777. The van der Waals surface area contributed by atoms with Crippen molar-refractivity contribution in [3.63, 3.8) is 0 Å². The molecule has 22 heavy (non-hydrogen) atoms. The molecule has 2 saturated heterocycles. The zero-order valence-electron chi connectivity index (χ0n) is 12.8. The lowest BCUT2D eigenvalue weighted by molar-refractivity contribution is -0.136. The van der Waals surface area contributed by atoms with E-state index in [4.69, 9.17) is 0 Å². The summed E-state index contributed by atoms with van der Waals surface area (Å²) in [7, 11) is 0. The summed E-state index contributed by atoms with van der Waals surface area (Å²) >= 11 is 0. The highest BCUT2D eigenvalue weighted by Gasteiger charge is 2.48. The van der Waals surface area contributed by atoms with Gasteiger partial charge in [-0.25, -0.2) is 4.79 Å². The van der Waals surface area contributed by atoms with Gasteiger partial charge in [-0.2, -0.15) is 0 Å². The molecule has 0 aromatic heterocycles. The quantitative estimate of drug-likeness (QED) is 0.748. The molecule has 2 heterocycles. The first-order valence-corrected chi connectivity index (χ1v) is 8.47. The van der Waals surface area contributed by atoms with Gasteiger partial charge in [0, 0.05) is 19.5 Å². The van der Waals surface area contributed by atoms with Crippen LogP contribution in [0.3, 0.4) is 0 Å². The molecule has 2 aliphatic heterocycles. The molecule has 0 aromatic rings. The highest BCUT2D eigenvalue weighted by atomic mass is 16.2. The first-order chi connectivity index (χ1) is 10.6. The first-order valence-electron chi connectivity index (χ1n) is 8.47. The molecule has 120 valence electrons. The van der Waals surface area contributed by atoms with E-state index >= 15 is 0 Å². The second kappa shape index (κ2) is 4.96. The smallest absolute Gasteiger partial charge is 0.322 e. The predicted octanol–water partition coefficient (Wildman–Crippen LogP) is 1.01. The van der Waals surface area contributed by atoms with E-state index in [-0.39, 0.29) is 11.8 Å². The van der Waals surface area contributed by atoms with Crippen LogP contribution in [0.2, 0.25) is 0 Å². The number of nitrogens with zero attached hydrogens (tertiary/aromatic N) is 1. The van der Waals surface area contributed by atoms with Gasteiger partial charge in [0.25, 0.3) is 5.91 Å². The molecular formula is C16H23N3O3. The maximum Gasteiger partial charge on any atom is 0.322 e. The van der Waals surface area contributed by atoms with Gasteiger partial charge in [0.1, 0.15) is 5.54 Å². The van der Waals surface area contributed by atoms with Crippen molar-refractivity contribution in [1.29, 1.82) is 0 Å². The Bertz CT molecular complexity index is 525. The Morgan fingerprint density at radius 2 is 1.95 bits per heavy atom. The molecule has 0 aromatic carbocycles. The molecule has 4 fully saturated rings. The Morgan fingerprint density at radius 1 is 1.18 bits per heavy atom. The van der Waals surface area contributed by atoms with Gasteiger partial charge in [0.05, 0.1) is 0 Å². The van der Waals surface area contributed by atoms with Gasteiger partial charge in [-0.3, -0.25) is 14.9 Å². The van der Waals surface area contributed by atoms with Crippen LogP contribution in [0.5, 0.6) is 0 Å². The fourth-order valence-corrected chi connectivity index (χ4v) is 5.00. The minimum Gasteiger partial charge on any atom is -0.342 e. The van der Waals surface area contributed by atoms with Crippen LogP contribution in [-0.4, -0.2) is 41.4 Å². The minimum absolute atomic E-state index is 0.233. The first kappa shape index (κ1) is 14.0. The third-order valence-corrected chi connectivity index (χ3v) is 6.31. The molecule has 1 spiro atoms. The highest BCUT2D eigenvalue weighted by molar-refractivity contribution is 6.07. The number of rotatable bonds is 2. The molecular weight excluding hydrogens is 282 g/mol. The summed E-state index contributed by atoms with van der Waals surface area (Å²) in [6.07, 6.45) is 6.93. The second-order valence-corrected chi connectivity index (χ2v) is 7.51. The fourth-order valence-electron chi connectivity index (χ4n) is 5.00. The van der Waals surface area contributed by atoms with Crippen LogP contribution in [0.4, 0.5) is 4.79 Å². The molecule has 6 heteroatoms. The Kier molecular flexibility index (Phi) is 3.16. The van der Waals surface area contributed by atoms with Crippen LogP contribution in [0.25, 0.3) is 0 Å². The van der Waals surface area contributed by atoms with Crippen molar-refractivity contribution in [3.05, 3.63) is 0 Å². The molecule has 2 bridgehead atoms. The molecule has 0 radical (unpaired) electrons. The number of urea groups is 1. The van der Waals surface area contributed by atoms with Gasteiger partial charge in [0.15, 0.2) is 0 Å². The molecule has 2 saturated carbocycles. The highest BCUT2D eigenvalue weighted by Crippen LogP contribution is 2.49. The Balaban J connectivity index is 1.33. The number of imide groups is 1. The molecule has 4 amide bonds. The maximum absolute atomic E-state index is 12.5. The summed E-state index contributed by atoms with van der Waals surface area (Å²) in [6, 6.07) is -0.410. The number of hydrogen-bond donors (Lipinski definition) is 2. The van der Waals surface area contributed by atoms with Crippen molar-refractivity contribution in [2.45, 2.75) is 50.5 Å². The average Bonchev–Trinajstić information content (AvgIpc) is 3.16. The van der Waals surface area contributed by atoms with Crippen molar-refractivity contribution in [1.82, 2.24) is 15.5 Å². The second-order valence-electron chi connectivity index (χ2n) is 7.51. The largest absolute Gasteiger partial charge is 0.342 e. The van der Waals surface area contributed by atoms with Crippen molar-refractivity contribution in [3.8, 4) is 0 Å². The van der Waals surface area contributed by atoms with Crippen molar-refractivity contribution < 1.29 is 14.4 Å². The molecule has 0 unspecified atom stereocenters. The fraction of sp³-hybridized carbons (Fsp3) is 0.812. The number of likely N-dealkylation sites (tertiary alicyclic amines) is 1. The van der Waals surface area contributed by atoms with Crippen LogP contribution >= 0.6 is 0 Å². The SMILES string of the molecule is O=C1NC(=O)C2(CCN(C(=O)C[C@@H]3C[C@H]4CC[C@H]3C4)CC2)N1. The van der Waals surface area contributed by atoms with E-state index in [1.807, 2.05) is 4.90 Å². The molecule has 6 nitrogen and oxygen atoms in total. The predicted molar refractivity (Wildman–Crippen MR) is 78.8 cm³/mol. The van der Waals surface area contributed by atoms with Gasteiger partial charge in [-0.05, 0) is 49.9 Å². The minimum atomic E-state index is -0.777. The number of hydrogen-bond acceptors (Lipinski definition) is 3. The van der Waals surface area contributed by atoms with Crippen LogP contribution in [-0.2, 0) is 9.59 Å².